The number of ether oxygens (including phenoxy) is 2. The van der Waals surface area contributed by atoms with E-state index < -0.39 is 10.8 Å². The molecule has 4 rings (SSSR count). The van der Waals surface area contributed by atoms with Gasteiger partial charge >= 0.3 is 0 Å². The molecule has 0 bridgehead atoms. The van der Waals surface area contributed by atoms with E-state index in [1.807, 2.05) is 24.3 Å². The van der Waals surface area contributed by atoms with Crippen molar-refractivity contribution in [1.82, 2.24) is 4.90 Å². The van der Waals surface area contributed by atoms with E-state index in [0.717, 1.165) is 21.8 Å². The maximum atomic E-state index is 12.9. The SMILES string of the molecule is COc1cc(/C=C2\SC(=O)N(Cc3ccccc3Br)C2=O)cc(Cl)c1OCc1cccc([N+](=O)[O-])c1. The first-order valence-electron chi connectivity index (χ1n) is 10.5. The normalized spacial score (nSPS) is 14.4. The molecule has 8 nitrogen and oxygen atoms in total. The first-order valence-corrected chi connectivity index (χ1v) is 12.5. The Bertz CT molecular complexity index is 1400. The summed E-state index contributed by atoms with van der Waals surface area (Å²) in [4.78, 5) is 37.4. The molecule has 1 saturated heterocycles. The lowest BCUT2D eigenvalue weighted by Gasteiger charge is -2.14. The van der Waals surface area contributed by atoms with Crippen molar-refractivity contribution in [3.8, 4) is 11.5 Å². The van der Waals surface area contributed by atoms with E-state index in [9.17, 15) is 19.7 Å². The number of nitrogens with zero attached hydrogens (tertiary/aromatic N) is 2. The molecule has 0 saturated carbocycles. The Morgan fingerprint density at radius 1 is 1.14 bits per heavy atom. The van der Waals surface area contributed by atoms with Gasteiger partial charge in [-0.15, -0.1) is 0 Å². The van der Waals surface area contributed by atoms with E-state index in [-0.39, 0.29) is 39.8 Å². The van der Waals surface area contributed by atoms with Gasteiger partial charge in [-0.25, -0.2) is 0 Å². The first kappa shape index (κ1) is 25.7. The predicted molar refractivity (Wildman–Crippen MR) is 141 cm³/mol. The lowest BCUT2D eigenvalue weighted by molar-refractivity contribution is -0.384. The van der Waals surface area contributed by atoms with E-state index in [1.54, 1.807) is 30.3 Å². The third-order valence-electron chi connectivity index (χ3n) is 5.21. The number of carbonyl (C=O) groups excluding carboxylic acids is 2. The molecular weight excluding hydrogens is 572 g/mol. The molecule has 0 radical (unpaired) electrons. The molecule has 36 heavy (non-hydrogen) atoms. The summed E-state index contributed by atoms with van der Waals surface area (Å²) in [5.41, 5.74) is 1.91. The molecule has 0 atom stereocenters. The van der Waals surface area contributed by atoms with Crippen molar-refractivity contribution in [1.29, 1.82) is 0 Å². The fourth-order valence-corrected chi connectivity index (χ4v) is 4.99. The Kier molecular flexibility index (Phi) is 7.97. The molecule has 3 aromatic carbocycles. The molecule has 2 amide bonds. The number of methoxy groups -OCH3 is 1. The van der Waals surface area contributed by atoms with Gasteiger partial charge in [-0.2, -0.15) is 0 Å². The van der Waals surface area contributed by atoms with Crippen LogP contribution in [-0.2, 0) is 17.9 Å². The fourth-order valence-electron chi connectivity index (χ4n) is 3.46. The van der Waals surface area contributed by atoms with Crippen LogP contribution in [0, 0.1) is 10.1 Å². The number of benzene rings is 3. The van der Waals surface area contributed by atoms with Crippen LogP contribution in [0.3, 0.4) is 0 Å². The average molecular weight is 590 g/mol. The molecule has 1 fully saturated rings. The van der Waals surface area contributed by atoms with Crippen LogP contribution >= 0.6 is 39.3 Å². The molecule has 0 unspecified atom stereocenters. The number of hydrogen-bond donors (Lipinski definition) is 0. The molecule has 3 aromatic rings. The number of rotatable bonds is 8. The van der Waals surface area contributed by atoms with Crippen LogP contribution in [0.2, 0.25) is 5.02 Å². The summed E-state index contributed by atoms with van der Waals surface area (Å²) in [6, 6.07) is 16.7. The number of carbonyl (C=O) groups is 2. The second kappa shape index (κ2) is 11.2. The predicted octanol–water partition coefficient (Wildman–Crippen LogP) is 6.83. The summed E-state index contributed by atoms with van der Waals surface area (Å²) in [6.07, 6.45) is 1.57. The van der Waals surface area contributed by atoms with Crippen molar-refractivity contribution < 1.29 is 24.0 Å². The minimum Gasteiger partial charge on any atom is -0.493 e. The molecule has 0 spiro atoms. The lowest BCUT2D eigenvalue weighted by atomic mass is 10.1. The Hall–Kier alpha value is -3.34. The van der Waals surface area contributed by atoms with Gasteiger partial charge in [-0.1, -0.05) is 57.9 Å². The third-order valence-corrected chi connectivity index (χ3v) is 7.18. The lowest BCUT2D eigenvalue weighted by Crippen LogP contribution is -2.27. The number of hydrogen-bond acceptors (Lipinski definition) is 7. The highest BCUT2D eigenvalue weighted by atomic mass is 79.9. The highest BCUT2D eigenvalue weighted by molar-refractivity contribution is 9.10. The zero-order chi connectivity index (χ0) is 25.8. The van der Waals surface area contributed by atoms with Crippen LogP contribution in [0.25, 0.3) is 6.08 Å². The van der Waals surface area contributed by atoms with Gasteiger partial charge < -0.3 is 9.47 Å². The highest BCUT2D eigenvalue weighted by Crippen LogP contribution is 2.40. The average Bonchev–Trinajstić information content (AvgIpc) is 3.11. The summed E-state index contributed by atoms with van der Waals surface area (Å²) >= 11 is 10.7. The molecule has 1 aliphatic heterocycles. The molecule has 11 heteroatoms. The summed E-state index contributed by atoms with van der Waals surface area (Å²) in [5.74, 6) is 0.165. The van der Waals surface area contributed by atoms with Crippen molar-refractivity contribution >= 4 is 62.2 Å². The summed E-state index contributed by atoms with van der Waals surface area (Å²) in [7, 11) is 1.45. The molecule has 1 aliphatic rings. The van der Waals surface area contributed by atoms with E-state index in [1.165, 1.54) is 24.1 Å². The second-order valence-corrected chi connectivity index (χ2v) is 9.86. The number of non-ortho nitro benzene ring substituents is 1. The highest BCUT2D eigenvalue weighted by Gasteiger charge is 2.35. The standard InChI is InChI=1S/C25H18BrClN2O6S/c1-34-21-11-16(10-20(27)23(21)35-14-15-5-4-7-18(9-15)29(32)33)12-22-24(30)28(25(31)36-22)13-17-6-2-3-8-19(17)26/h2-12H,13-14H2,1H3/b22-12-. The summed E-state index contributed by atoms with van der Waals surface area (Å²) in [5, 5.41) is 10.9. The Morgan fingerprint density at radius 2 is 1.92 bits per heavy atom. The Balaban J connectivity index is 1.53. The maximum absolute atomic E-state index is 12.9. The fraction of sp³-hybridized carbons (Fsp3) is 0.120. The van der Waals surface area contributed by atoms with Gasteiger partial charge in [0.25, 0.3) is 16.8 Å². The van der Waals surface area contributed by atoms with Crippen LogP contribution in [0.5, 0.6) is 11.5 Å². The number of thioether (sulfide) groups is 1. The number of amides is 2. The smallest absolute Gasteiger partial charge is 0.293 e. The maximum Gasteiger partial charge on any atom is 0.293 e. The molecule has 0 aliphatic carbocycles. The van der Waals surface area contributed by atoms with Crippen LogP contribution in [0.15, 0.2) is 70.0 Å². The number of nitro groups is 1. The number of halogens is 2. The van der Waals surface area contributed by atoms with Gasteiger partial charge in [0, 0.05) is 16.6 Å². The van der Waals surface area contributed by atoms with Gasteiger partial charge in [0.05, 0.1) is 28.5 Å². The van der Waals surface area contributed by atoms with Gasteiger partial charge in [0.15, 0.2) is 11.5 Å². The summed E-state index contributed by atoms with van der Waals surface area (Å²) < 4.78 is 12.0. The quantitative estimate of drug-likeness (QED) is 0.161. The van der Waals surface area contributed by atoms with Gasteiger partial charge in [0.2, 0.25) is 0 Å². The van der Waals surface area contributed by atoms with Gasteiger partial charge in [-0.05, 0) is 52.7 Å². The zero-order valence-corrected chi connectivity index (χ0v) is 21.9. The van der Waals surface area contributed by atoms with Crippen LogP contribution < -0.4 is 9.47 Å². The van der Waals surface area contributed by atoms with Gasteiger partial charge in [0.1, 0.15) is 6.61 Å². The van der Waals surface area contributed by atoms with Crippen molar-refractivity contribution in [3.63, 3.8) is 0 Å². The van der Waals surface area contributed by atoms with E-state index in [0.29, 0.717) is 16.9 Å². The van der Waals surface area contributed by atoms with E-state index in [2.05, 4.69) is 15.9 Å². The van der Waals surface area contributed by atoms with Crippen molar-refractivity contribution in [3.05, 3.63) is 102 Å². The third kappa shape index (κ3) is 5.72. The largest absolute Gasteiger partial charge is 0.493 e. The zero-order valence-electron chi connectivity index (χ0n) is 18.8. The topological polar surface area (TPSA) is 99.0 Å². The minimum atomic E-state index is -0.480. The van der Waals surface area contributed by atoms with Crippen molar-refractivity contribution in [2.75, 3.05) is 7.11 Å². The van der Waals surface area contributed by atoms with Crippen LogP contribution in [0.1, 0.15) is 16.7 Å². The second-order valence-electron chi connectivity index (χ2n) is 7.61. The van der Waals surface area contributed by atoms with E-state index >= 15 is 0 Å². The van der Waals surface area contributed by atoms with Gasteiger partial charge in [-0.3, -0.25) is 24.6 Å². The monoisotopic (exact) mass is 588 g/mol. The molecule has 0 aromatic heterocycles. The minimum absolute atomic E-state index is 0.0328. The Morgan fingerprint density at radius 3 is 2.64 bits per heavy atom. The van der Waals surface area contributed by atoms with E-state index in [4.69, 9.17) is 21.1 Å². The van der Waals surface area contributed by atoms with Crippen LogP contribution in [0.4, 0.5) is 10.5 Å². The first-order chi connectivity index (χ1) is 17.3. The van der Waals surface area contributed by atoms with Crippen LogP contribution in [-0.4, -0.2) is 28.1 Å². The molecule has 184 valence electrons. The molecule has 1 heterocycles. The number of nitro benzene ring substituents is 1. The molecule has 0 N–H and O–H groups in total. The molecular formula is C25H18BrClN2O6S. The summed E-state index contributed by atoms with van der Waals surface area (Å²) in [6.45, 7) is 0.184. The van der Waals surface area contributed by atoms with Crippen molar-refractivity contribution in [2.24, 2.45) is 0 Å². The Labute approximate surface area is 224 Å². The number of imide groups is 1. The van der Waals surface area contributed by atoms with Crippen molar-refractivity contribution in [2.45, 2.75) is 13.2 Å².